The molecule has 0 fully saturated rings. The predicted octanol–water partition coefficient (Wildman–Crippen LogP) is 3.89. The minimum Gasteiger partial charge on any atom is -0.300 e. The SMILES string of the molecule is CCC(=O)CCCc1cc(F)cc(Br)c1. The van der Waals surface area contributed by atoms with Gasteiger partial charge < -0.3 is 0 Å². The minimum absolute atomic E-state index is 0.235. The van der Waals surface area contributed by atoms with Gasteiger partial charge in [-0.3, -0.25) is 4.79 Å². The van der Waals surface area contributed by atoms with E-state index in [1.807, 2.05) is 13.0 Å². The molecule has 0 aliphatic carbocycles. The van der Waals surface area contributed by atoms with Gasteiger partial charge in [-0.25, -0.2) is 4.39 Å². The van der Waals surface area contributed by atoms with Crippen molar-refractivity contribution in [2.75, 3.05) is 0 Å². The number of hydrogen-bond acceptors (Lipinski definition) is 1. The number of carbonyl (C=O) groups excluding carboxylic acids is 1. The zero-order chi connectivity index (χ0) is 11.3. The van der Waals surface area contributed by atoms with E-state index in [2.05, 4.69) is 15.9 Å². The zero-order valence-corrected chi connectivity index (χ0v) is 10.3. The van der Waals surface area contributed by atoms with Crippen LogP contribution in [0.3, 0.4) is 0 Å². The highest BCUT2D eigenvalue weighted by Gasteiger charge is 2.01. The third kappa shape index (κ3) is 4.56. The van der Waals surface area contributed by atoms with Crippen molar-refractivity contribution in [2.24, 2.45) is 0 Å². The molecule has 0 unspecified atom stereocenters. The van der Waals surface area contributed by atoms with E-state index in [1.165, 1.54) is 12.1 Å². The van der Waals surface area contributed by atoms with Crippen LogP contribution < -0.4 is 0 Å². The quantitative estimate of drug-likeness (QED) is 0.795. The van der Waals surface area contributed by atoms with Crippen LogP contribution in [0, 0.1) is 5.82 Å². The van der Waals surface area contributed by atoms with Gasteiger partial charge in [0.25, 0.3) is 0 Å². The Kier molecular flexibility index (Phi) is 4.95. The summed E-state index contributed by atoms with van der Waals surface area (Å²) in [5.41, 5.74) is 0.936. The molecule has 0 bridgehead atoms. The molecule has 1 aromatic carbocycles. The molecule has 0 spiro atoms. The first kappa shape index (κ1) is 12.4. The van der Waals surface area contributed by atoms with Crippen LogP contribution in [-0.4, -0.2) is 5.78 Å². The molecule has 0 atom stereocenters. The molecule has 1 nitrogen and oxygen atoms in total. The summed E-state index contributed by atoms with van der Waals surface area (Å²) in [6, 6.07) is 4.83. The van der Waals surface area contributed by atoms with E-state index in [1.54, 1.807) is 0 Å². The standard InChI is InChI=1S/C12H14BrFO/c1-2-12(15)5-3-4-9-6-10(13)8-11(14)7-9/h6-8H,2-5H2,1H3. The number of halogens is 2. The van der Waals surface area contributed by atoms with Crippen molar-refractivity contribution in [3.8, 4) is 0 Å². The molecule has 0 aromatic heterocycles. The molecule has 0 aliphatic rings. The van der Waals surface area contributed by atoms with Gasteiger partial charge in [-0.05, 0) is 36.6 Å². The maximum absolute atomic E-state index is 13.0. The van der Waals surface area contributed by atoms with Crippen molar-refractivity contribution >= 4 is 21.7 Å². The van der Waals surface area contributed by atoms with E-state index >= 15 is 0 Å². The fourth-order valence-electron chi connectivity index (χ4n) is 1.42. The van der Waals surface area contributed by atoms with Crippen LogP contribution in [0.25, 0.3) is 0 Å². The molecule has 0 aliphatic heterocycles. The highest BCUT2D eigenvalue weighted by atomic mass is 79.9. The summed E-state index contributed by atoms with van der Waals surface area (Å²) in [4.78, 5) is 11.1. The van der Waals surface area contributed by atoms with Crippen LogP contribution in [0.15, 0.2) is 22.7 Å². The lowest BCUT2D eigenvalue weighted by Gasteiger charge is -2.02. The van der Waals surface area contributed by atoms with Crippen LogP contribution in [0.2, 0.25) is 0 Å². The summed E-state index contributed by atoms with van der Waals surface area (Å²) >= 11 is 3.24. The molecule has 0 saturated heterocycles. The van der Waals surface area contributed by atoms with Crippen LogP contribution in [-0.2, 0) is 11.2 Å². The number of carbonyl (C=O) groups is 1. The lowest BCUT2D eigenvalue weighted by molar-refractivity contribution is -0.118. The molecule has 0 N–H and O–H groups in total. The first-order valence-electron chi connectivity index (χ1n) is 5.08. The Balaban J connectivity index is 2.47. The lowest BCUT2D eigenvalue weighted by atomic mass is 10.1. The largest absolute Gasteiger partial charge is 0.300 e. The highest BCUT2D eigenvalue weighted by Crippen LogP contribution is 2.16. The smallest absolute Gasteiger partial charge is 0.132 e. The van der Waals surface area contributed by atoms with E-state index < -0.39 is 0 Å². The fourth-order valence-corrected chi connectivity index (χ4v) is 1.93. The second-order valence-electron chi connectivity index (χ2n) is 3.52. The summed E-state index contributed by atoms with van der Waals surface area (Å²) < 4.78 is 13.7. The van der Waals surface area contributed by atoms with Crippen LogP contribution in [0.5, 0.6) is 0 Å². The highest BCUT2D eigenvalue weighted by molar-refractivity contribution is 9.10. The molecule has 0 heterocycles. The Bertz CT molecular complexity index is 329. The van der Waals surface area contributed by atoms with Crippen molar-refractivity contribution in [1.29, 1.82) is 0 Å². The van der Waals surface area contributed by atoms with Crippen molar-refractivity contribution < 1.29 is 9.18 Å². The Morgan fingerprint density at radius 1 is 1.40 bits per heavy atom. The second-order valence-corrected chi connectivity index (χ2v) is 4.44. The van der Waals surface area contributed by atoms with Crippen molar-refractivity contribution in [3.63, 3.8) is 0 Å². The number of hydrogen-bond donors (Lipinski definition) is 0. The molecular weight excluding hydrogens is 259 g/mol. The predicted molar refractivity (Wildman–Crippen MR) is 62.3 cm³/mol. The van der Waals surface area contributed by atoms with Gasteiger partial charge in [0.15, 0.2) is 0 Å². The lowest BCUT2D eigenvalue weighted by Crippen LogP contribution is -1.96. The number of aryl methyl sites for hydroxylation is 1. The van der Waals surface area contributed by atoms with Crippen LogP contribution in [0.1, 0.15) is 31.7 Å². The summed E-state index contributed by atoms with van der Waals surface area (Å²) in [5.74, 6) is 0.0339. The van der Waals surface area contributed by atoms with Crippen molar-refractivity contribution in [3.05, 3.63) is 34.1 Å². The number of rotatable bonds is 5. The number of Topliss-reactive ketones (excluding diaryl/α,β-unsaturated/α-hetero) is 1. The molecule has 0 saturated carbocycles. The van der Waals surface area contributed by atoms with Crippen LogP contribution in [0.4, 0.5) is 4.39 Å². The second kappa shape index (κ2) is 6.01. The van der Waals surface area contributed by atoms with E-state index in [4.69, 9.17) is 0 Å². The topological polar surface area (TPSA) is 17.1 Å². The monoisotopic (exact) mass is 272 g/mol. The Morgan fingerprint density at radius 3 is 2.73 bits per heavy atom. The van der Waals surface area contributed by atoms with Gasteiger partial charge in [0.2, 0.25) is 0 Å². The molecule has 0 radical (unpaired) electrons. The number of benzene rings is 1. The summed E-state index contributed by atoms with van der Waals surface area (Å²) in [7, 11) is 0. The number of ketones is 1. The molecule has 82 valence electrons. The van der Waals surface area contributed by atoms with Crippen LogP contribution >= 0.6 is 15.9 Å². The average Bonchev–Trinajstić information content (AvgIpc) is 2.16. The van der Waals surface area contributed by atoms with Gasteiger partial charge in [0, 0.05) is 17.3 Å². The molecule has 0 amide bonds. The molecule has 3 heteroatoms. The molecule has 15 heavy (non-hydrogen) atoms. The van der Waals surface area contributed by atoms with E-state index in [9.17, 15) is 9.18 Å². The molecule has 1 rings (SSSR count). The van der Waals surface area contributed by atoms with E-state index in [0.717, 1.165) is 22.9 Å². The Morgan fingerprint density at radius 2 is 2.13 bits per heavy atom. The van der Waals surface area contributed by atoms with Gasteiger partial charge >= 0.3 is 0 Å². The summed E-state index contributed by atoms with van der Waals surface area (Å²) in [6.07, 6.45) is 2.72. The minimum atomic E-state index is -0.235. The van der Waals surface area contributed by atoms with Gasteiger partial charge in [-0.2, -0.15) is 0 Å². The van der Waals surface area contributed by atoms with Gasteiger partial charge in [0.05, 0.1) is 0 Å². The first-order valence-corrected chi connectivity index (χ1v) is 5.87. The fraction of sp³-hybridized carbons (Fsp3) is 0.417. The third-order valence-corrected chi connectivity index (χ3v) is 2.70. The van der Waals surface area contributed by atoms with Gasteiger partial charge in [0.1, 0.15) is 11.6 Å². The third-order valence-electron chi connectivity index (χ3n) is 2.24. The Hall–Kier alpha value is -0.700. The van der Waals surface area contributed by atoms with Gasteiger partial charge in [-0.1, -0.05) is 22.9 Å². The summed E-state index contributed by atoms with van der Waals surface area (Å²) in [6.45, 7) is 1.86. The maximum atomic E-state index is 13.0. The van der Waals surface area contributed by atoms with E-state index in [-0.39, 0.29) is 11.6 Å². The maximum Gasteiger partial charge on any atom is 0.132 e. The summed E-state index contributed by atoms with van der Waals surface area (Å²) in [5, 5.41) is 0. The zero-order valence-electron chi connectivity index (χ0n) is 8.72. The molecule has 1 aromatic rings. The first-order chi connectivity index (χ1) is 7.11. The normalized spacial score (nSPS) is 10.3. The molecular formula is C12H14BrFO. The van der Waals surface area contributed by atoms with Crippen molar-refractivity contribution in [2.45, 2.75) is 32.6 Å². The van der Waals surface area contributed by atoms with Crippen molar-refractivity contribution in [1.82, 2.24) is 0 Å². The average molecular weight is 273 g/mol. The van der Waals surface area contributed by atoms with Gasteiger partial charge in [-0.15, -0.1) is 0 Å². The van der Waals surface area contributed by atoms with E-state index in [0.29, 0.717) is 12.8 Å². The Labute approximate surface area is 97.8 Å².